The van der Waals surface area contributed by atoms with Crippen molar-refractivity contribution in [1.29, 1.82) is 0 Å². The predicted molar refractivity (Wildman–Crippen MR) is 79.8 cm³/mol. The number of nitrogens with zero attached hydrogens (tertiary/aromatic N) is 4. The minimum absolute atomic E-state index is 0.0789. The Labute approximate surface area is 124 Å². The molecule has 3 aromatic rings. The van der Waals surface area contributed by atoms with Gasteiger partial charge in [0.1, 0.15) is 18.4 Å². The number of amides is 1. The SMILES string of the molecule is Nc1ncnc2c1ncn2CC(=O)Nc1ccc(Cl)cc1. The smallest absolute Gasteiger partial charge is 0.244 e. The lowest BCUT2D eigenvalue weighted by atomic mass is 10.3. The average Bonchev–Trinajstić information content (AvgIpc) is 2.86. The number of rotatable bonds is 3. The molecular formula is C13H11ClN6O. The van der Waals surface area contributed by atoms with E-state index in [9.17, 15) is 4.79 Å². The van der Waals surface area contributed by atoms with E-state index < -0.39 is 0 Å². The topological polar surface area (TPSA) is 98.7 Å². The highest BCUT2D eigenvalue weighted by molar-refractivity contribution is 6.30. The lowest BCUT2D eigenvalue weighted by molar-refractivity contribution is -0.116. The standard InChI is InChI=1S/C13H11ClN6O/c14-8-1-3-9(4-2-8)19-10(21)5-20-7-18-11-12(15)16-6-17-13(11)20/h1-4,6-7H,5H2,(H,19,21)(H2,15,16,17). The summed E-state index contributed by atoms with van der Waals surface area (Å²) in [5.41, 5.74) is 7.37. The van der Waals surface area contributed by atoms with Crippen LogP contribution in [0.3, 0.4) is 0 Å². The number of carbonyl (C=O) groups is 1. The summed E-state index contributed by atoms with van der Waals surface area (Å²) in [4.78, 5) is 24.1. The molecule has 0 aliphatic rings. The van der Waals surface area contributed by atoms with Gasteiger partial charge in [-0.15, -0.1) is 0 Å². The van der Waals surface area contributed by atoms with E-state index in [1.54, 1.807) is 28.8 Å². The van der Waals surface area contributed by atoms with E-state index in [1.165, 1.54) is 12.7 Å². The molecule has 0 spiro atoms. The molecule has 0 radical (unpaired) electrons. The summed E-state index contributed by atoms with van der Waals surface area (Å²) < 4.78 is 1.61. The van der Waals surface area contributed by atoms with Gasteiger partial charge in [-0.2, -0.15) is 0 Å². The van der Waals surface area contributed by atoms with Crippen molar-refractivity contribution in [2.75, 3.05) is 11.1 Å². The highest BCUT2D eigenvalue weighted by atomic mass is 35.5. The first-order chi connectivity index (χ1) is 10.1. The quantitative estimate of drug-likeness (QED) is 0.767. The molecule has 3 N–H and O–H groups in total. The minimum Gasteiger partial charge on any atom is -0.382 e. The van der Waals surface area contributed by atoms with Crippen molar-refractivity contribution >= 4 is 40.2 Å². The Morgan fingerprint density at radius 1 is 1.24 bits per heavy atom. The van der Waals surface area contributed by atoms with Gasteiger partial charge in [0.05, 0.1) is 6.33 Å². The lowest BCUT2D eigenvalue weighted by Gasteiger charge is -2.06. The number of halogens is 1. The molecule has 0 saturated heterocycles. The zero-order valence-corrected chi connectivity index (χ0v) is 11.6. The summed E-state index contributed by atoms with van der Waals surface area (Å²) in [6, 6.07) is 6.87. The normalized spacial score (nSPS) is 10.7. The summed E-state index contributed by atoms with van der Waals surface area (Å²) in [6.07, 6.45) is 2.85. The number of nitrogens with one attached hydrogen (secondary N) is 1. The molecule has 3 rings (SSSR count). The van der Waals surface area contributed by atoms with E-state index in [1.807, 2.05) is 0 Å². The van der Waals surface area contributed by atoms with Gasteiger partial charge in [-0.05, 0) is 24.3 Å². The Morgan fingerprint density at radius 2 is 2.00 bits per heavy atom. The molecule has 21 heavy (non-hydrogen) atoms. The number of anilines is 2. The lowest BCUT2D eigenvalue weighted by Crippen LogP contribution is -2.18. The van der Waals surface area contributed by atoms with E-state index in [2.05, 4.69) is 20.3 Å². The third-order valence-corrected chi connectivity index (χ3v) is 3.12. The fraction of sp³-hybridized carbons (Fsp3) is 0.0769. The summed E-state index contributed by atoms with van der Waals surface area (Å²) in [5.74, 6) is 0.0886. The third-order valence-electron chi connectivity index (χ3n) is 2.87. The van der Waals surface area contributed by atoms with E-state index in [4.69, 9.17) is 17.3 Å². The van der Waals surface area contributed by atoms with Gasteiger partial charge in [0, 0.05) is 10.7 Å². The predicted octanol–water partition coefficient (Wildman–Crippen LogP) is 1.70. The number of nitrogen functional groups attached to an aromatic ring is 1. The molecule has 2 heterocycles. The first kappa shape index (κ1) is 13.3. The van der Waals surface area contributed by atoms with Crippen molar-refractivity contribution in [2.24, 2.45) is 0 Å². The van der Waals surface area contributed by atoms with Crippen LogP contribution in [0, 0.1) is 0 Å². The van der Waals surface area contributed by atoms with Crippen LogP contribution in [0.1, 0.15) is 0 Å². The van der Waals surface area contributed by atoms with E-state index >= 15 is 0 Å². The molecule has 0 aliphatic carbocycles. The zero-order valence-electron chi connectivity index (χ0n) is 10.8. The molecule has 0 aliphatic heterocycles. The largest absolute Gasteiger partial charge is 0.382 e. The van der Waals surface area contributed by atoms with Gasteiger partial charge >= 0.3 is 0 Å². The second-order valence-electron chi connectivity index (χ2n) is 4.36. The second-order valence-corrected chi connectivity index (χ2v) is 4.80. The van der Waals surface area contributed by atoms with E-state index in [-0.39, 0.29) is 18.3 Å². The molecule has 0 atom stereocenters. The number of imidazole rings is 1. The van der Waals surface area contributed by atoms with Crippen molar-refractivity contribution in [3.05, 3.63) is 41.9 Å². The molecule has 0 fully saturated rings. The number of aromatic nitrogens is 4. The maximum Gasteiger partial charge on any atom is 0.244 e. The van der Waals surface area contributed by atoms with Gasteiger partial charge in [-0.1, -0.05) is 11.6 Å². The highest BCUT2D eigenvalue weighted by Crippen LogP contribution is 2.15. The molecule has 0 unspecified atom stereocenters. The van der Waals surface area contributed by atoms with Crippen molar-refractivity contribution in [1.82, 2.24) is 19.5 Å². The molecule has 7 nitrogen and oxygen atoms in total. The van der Waals surface area contributed by atoms with Crippen LogP contribution in [0.4, 0.5) is 11.5 Å². The number of carbonyl (C=O) groups excluding carboxylic acids is 1. The molecule has 1 aromatic carbocycles. The van der Waals surface area contributed by atoms with Crippen LogP contribution in [-0.4, -0.2) is 25.4 Å². The summed E-state index contributed by atoms with van der Waals surface area (Å²) >= 11 is 5.79. The van der Waals surface area contributed by atoms with Gasteiger partial charge in [-0.25, -0.2) is 15.0 Å². The Morgan fingerprint density at radius 3 is 2.76 bits per heavy atom. The van der Waals surface area contributed by atoms with Crippen molar-refractivity contribution in [3.63, 3.8) is 0 Å². The Balaban J connectivity index is 1.77. The van der Waals surface area contributed by atoms with E-state index in [0.29, 0.717) is 21.9 Å². The Kier molecular flexibility index (Phi) is 3.41. The van der Waals surface area contributed by atoms with Crippen LogP contribution in [0.2, 0.25) is 5.02 Å². The summed E-state index contributed by atoms with van der Waals surface area (Å²) in [7, 11) is 0. The monoisotopic (exact) mass is 302 g/mol. The molecule has 1 amide bonds. The number of hydrogen-bond donors (Lipinski definition) is 2. The van der Waals surface area contributed by atoms with Gasteiger partial charge < -0.3 is 15.6 Å². The molecule has 106 valence electrons. The zero-order chi connectivity index (χ0) is 14.8. The Hall–Kier alpha value is -2.67. The second kappa shape index (κ2) is 5.37. The maximum atomic E-state index is 12.0. The van der Waals surface area contributed by atoms with Crippen LogP contribution in [-0.2, 0) is 11.3 Å². The van der Waals surface area contributed by atoms with Crippen LogP contribution < -0.4 is 11.1 Å². The number of benzene rings is 1. The fourth-order valence-electron chi connectivity index (χ4n) is 1.90. The first-order valence-corrected chi connectivity index (χ1v) is 6.48. The van der Waals surface area contributed by atoms with Crippen molar-refractivity contribution < 1.29 is 4.79 Å². The summed E-state index contributed by atoms with van der Waals surface area (Å²) in [6.45, 7) is 0.0789. The maximum absolute atomic E-state index is 12.0. The van der Waals surface area contributed by atoms with Gasteiger partial charge in [-0.3, -0.25) is 4.79 Å². The average molecular weight is 303 g/mol. The van der Waals surface area contributed by atoms with Crippen molar-refractivity contribution in [2.45, 2.75) is 6.54 Å². The number of nitrogens with two attached hydrogens (primary N) is 1. The highest BCUT2D eigenvalue weighted by Gasteiger charge is 2.10. The van der Waals surface area contributed by atoms with E-state index in [0.717, 1.165) is 0 Å². The van der Waals surface area contributed by atoms with Crippen molar-refractivity contribution in [3.8, 4) is 0 Å². The van der Waals surface area contributed by atoms with Crippen LogP contribution in [0.5, 0.6) is 0 Å². The fourth-order valence-corrected chi connectivity index (χ4v) is 2.03. The van der Waals surface area contributed by atoms with Gasteiger partial charge in [0.2, 0.25) is 5.91 Å². The summed E-state index contributed by atoms with van der Waals surface area (Å²) in [5, 5.41) is 3.38. The number of fused-ring (bicyclic) bond motifs is 1. The molecule has 0 bridgehead atoms. The third kappa shape index (κ3) is 2.77. The minimum atomic E-state index is -0.200. The molecule has 2 aromatic heterocycles. The first-order valence-electron chi connectivity index (χ1n) is 6.10. The van der Waals surface area contributed by atoms with Crippen LogP contribution >= 0.6 is 11.6 Å². The Bertz CT molecular complexity index is 798. The van der Waals surface area contributed by atoms with Gasteiger partial charge in [0.15, 0.2) is 11.5 Å². The number of hydrogen-bond acceptors (Lipinski definition) is 5. The molecule has 0 saturated carbocycles. The van der Waals surface area contributed by atoms with Gasteiger partial charge in [0.25, 0.3) is 0 Å². The molecular weight excluding hydrogens is 292 g/mol. The van der Waals surface area contributed by atoms with Crippen LogP contribution in [0.25, 0.3) is 11.2 Å². The molecule has 8 heteroatoms. The van der Waals surface area contributed by atoms with Crippen LogP contribution in [0.15, 0.2) is 36.9 Å².